The van der Waals surface area contributed by atoms with Crippen molar-refractivity contribution in [2.45, 2.75) is 0 Å². The zero-order chi connectivity index (χ0) is 15.4. The maximum absolute atomic E-state index is 13.1. The minimum absolute atomic E-state index is 0.215. The first-order valence-corrected chi connectivity index (χ1v) is 6.41. The smallest absolute Gasteiger partial charge is 0.257 e. The highest BCUT2D eigenvalue weighted by Crippen LogP contribution is 2.26. The number of nitrogens with zero attached hydrogens (tertiary/aromatic N) is 1. The molecule has 0 unspecified atom stereocenters. The van der Waals surface area contributed by atoms with Crippen LogP contribution >= 0.6 is 11.6 Å². The summed E-state index contributed by atoms with van der Waals surface area (Å²) in [7, 11) is 3.07. The Hall–Kier alpha value is -2.34. The molecule has 0 radical (unpaired) electrons. The summed E-state index contributed by atoms with van der Waals surface area (Å²) in [5, 5.41) is 5.66. The van der Waals surface area contributed by atoms with Gasteiger partial charge in [-0.1, -0.05) is 11.6 Å². The molecule has 21 heavy (non-hydrogen) atoms. The molecule has 0 aliphatic carbocycles. The van der Waals surface area contributed by atoms with Crippen LogP contribution in [0.15, 0.2) is 30.5 Å². The highest BCUT2D eigenvalue weighted by atomic mass is 35.5. The van der Waals surface area contributed by atoms with Crippen molar-refractivity contribution in [2.24, 2.45) is 0 Å². The van der Waals surface area contributed by atoms with E-state index in [4.69, 9.17) is 16.3 Å². The van der Waals surface area contributed by atoms with Crippen molar-refractivity contribution in [3.63, 3.8) is 0 Å². The summed E-state index contributed by atoms with van der Waals surface area (Å²) in [6.07, 6.45) is 1.38. The first kappa shape index (κ1) is 15.1. The van der Waals surface area contributed by atoms with Crippen LogP contribution in [-0.4, -0.2) is 25.0 Å². The number of benzene rings is 1. The standard InChI is InChI=1S/C14H13ClFN3O2/c1-17-13-6-9(10(15)7-18-13)14(20)19-11-4-3-8(16)5-12(11)21-2/h3-7H,1-2H3,(H,17,18)(H,19,20). The molecule has 0 spiro atoms. The van der Waals surface area contributed by atoms with Gasteiger partial charge in [0.25, 0.3) is 5.91 Å². The first-order valence-electron chi connectivity index (χ1n) is 6.03. The molecule has 0 atom stereocenters. The van der Waals surface area contributed by atoms with Crippen LogP contribution < -0.4 is 15.4 Å². The molecule has 1 heterocycles. The average molecular weight is 310 g/mol. The van der Waals surface area contributed by atoms with Gasteiger partial charge >= 0.3 is 0 Å². The summed E-state index contributed by atoms with van der Waals surface area (Å²) in [5.41, 5.74) is 0.602. The van der Waals surface area contributed by atoms with Crippen LogP contribution in [0.3, 0.4) is 0 Å². The highest BCUT2D eigenvalue weighted by Gasteiger charge is 2.14. The maximum atomic E-state index is 13.1. The van der Waals surface area contributed by atoms with Gasteiger partial charge < -0.3 is 15.4 Å². The van der Waals surface area contributed by atoms with Gasteiger partial charge in [-0.05, 0) is 18.2 Å². The molecule has 1 amide bonds. The Kier molecular flexibility index (Phi) is 4.59. The SMILES string of the molecule is CNc1cc(C(=O)Nc2ccc(F)cc2OC)c(Cl)cn1. The maximum Gasteiger partial charge on any atom is 0.257 e. The van der Waals surface area contributed by atoms with Gasteiger partial charge in [0.15, 0.2) is 0 Å². The Labute approximate surface area is 126 Å². The molecular formula is C14H13ClFN3O2. The van der Waals surface area contributed by atoms with Gasteiger partial charge in [0, 0.05) is 19.3 Å². The lowest BCUT2D eigenvalue weighted by atomic mass is 10.2. The second kappa shape index (κ2) is 6.41. The molecular weight excluding hydrogens is 297 g/mol. The number of aromatic nitrogens is 1. The average Bonchev–Trinajstić information content (AvgIpc) is 2.49. The van der Waals surface area contributed by atoms with Crippen LogP contribution in [-0.2, 0) is 0 Å². The molecule has 5 nitrogen and oxygen atoms in total. The number of hydrogen-bond acceptors (Lipinski definition) is 4. The van der Waals surface area contributed by atoms with Gasteiger partial charge in [-0.2, -0.15) is 0 Å². The molecule has 0 bridgehead atoms. The zero-order valence-electron chi connectivity index (χ0n) is 11.4. The van der Waals surface area contributed by atoms with E-state index in [0.717, 1.165) is 0 Å². The first-order chi connectivity index (χ1) is 10.0. The largest absolute Gasteiger partial charge is 0.494 e. The van der Waals surface area contributed by atoms with Crippen molar-refractivity contribution in [3.8, 4) is 5.75 Å². The Morgan fingerprint density at radius 2 is 2.14 bits per heavy atom. The third-order valence-electron chi connectivity index (χ3n) is 2.77. The fourth-order valence-electron chi connectivity index (χ4n) is 1.71. The number of halogens is 2. The van der Waals surface area contributed by atoms with Gasteiger partial charge in [-0.25, -0.2) is 9.37 Å². The quantitative estimate of drug-likeness (QED) is 0.910. The molecule has 7 heteroatoms. The lowest BCUT2D eigenvalue weighted by Crippen LogP contribution is -2.14. The van der Waals surface area contributed by atoms with E-state index in [1.165, 1.54) is 37.6 Å². The molecule has 110 valence electrons. The second-order valence-electron chi connectivity index (χ2n) is 4.10. The number of carbonyl (C=O) groups excluding carboxylic acids is 1. The zero-order valence-corrected chi connectivity index (χ0v) is 12.2. The number of ether oxygens (including phenoxy) is 1. The van der Waals surface area contributed by atoms with E-state index in [2.05, 4.69) is 15.6 Å². The van der Waals surface area contributed by atoms with Gasteiger partial charge in [0.05, 0.1) is 23.4 Å². The molecule has 2 N–H and O–H groups in total. The van der Waals surface area contributed by atoms with Crippen molar-refractivity contribution in [3.05, 3.63) is 46.9 Å². The predicted octanol–water partition coefficient (Wildman–Crippen LogP) is 3.18. The molecule has 2 aromatic rings. The number of nitrogens with one attached hydrogen (secondary N) is 2. The molecule has 2 rings (SSSR count). The minimum Gasteiger partial charge on any atom is -0.494 e. The number of anilines is 2. The Morgan fingerprint density at radius 1 is 1.38 bits per heavy atom. The second-order valence-corrected chi connectivity index (χ2v) is 4.51. The molecule has 0 fully saturated rings. The fraction of sp³-hybridized carbons (Fsp3) is 0.143. The van der Waals surface area contributed by atoms with Crippen LogP contribution in [0.2, 0.25) is 5.02 Å². The van der Waals surface area contributed by atoms with E-state index in [1.54, 1.807) is 7.05 Å². The Balaban J connectivity index is 2.30. The summed E-state index contributed by atoms with van der Waals surface area (Å²) in [5.74, 6) is -0.161. The van der Waals surface area contributed by atoms with Crippen LogP contribution in [0.4, 0.5) is 15.9 Å². The van der Waals surface area contributed by atoms with Crippen LogP contribution in [0.5, 0.6) is 5.75 Å². The van der Waals surface area contributed by atoms with Crippen molar-refractivity contribution in [2.75, 3.05) is 24.8 Å². The molecule has 1 aromatic carbocycles. The van der Waals surface area contributed by atoms with E-state index < -0.39 is 11.7 Å². The summed E-state index contributed by atoms with van der Waals surface area (Å²) >= 11 is 5.97. The third kappa shape index (κ3) is 3.41. The monoisotopic (exact) mass is 309 g/mol. The van der Waals surface area contributed by atoms with Gasteiger partial charge in [0.1, 0.15) is 17.4 Å². The lowest BCUT2D eigenvalue weighted by molar-refractivity contribution is 0.102. The third-order valence-corrected chi connectivity index (χ3v) is 3.07. The van der Waals surface area contributed by atoms with Crippen molar-refractivity contribution in [1.82, 2.24) is 4.98 Å². The van der Waals surface area contributed by atoms with Crippen LogP contribution in [0.25, 0.3) is 0 Å². The molecule has 0 saturated heterocycles. The molecule has 1 aromatic heterocycles. The van der Waals surface area contributed by atoms with Crippen molar-refractivity contribution < 1.29 is 13.9 Å². The normalized spacial score (nSPS) is 10.1. The molecule has 0 aliphatic heterocycles. The van der Waals surface area contributed by atoms with Crippen LogP contribution in [0.1, 0.15) is 10.4 Å². The van der Waals surface area contributed by atoms with E-state index in [9.17, 15) is 9.18 Å². The van der Waals surface area contributed by atoms with Gasteiger partial charge in [-0.15, -0.1) is 0 Å². The molecule has 0 saturated carbocycles. The van der Waals surface area contributed by atoms with E-state index in [1.807, 2.05) is 0 Å². The Morgan fingerprint density at radius 3 is 2.81 bits per heavy atom. The number of pyridine rings is 1. The number of methoxy groups -OCH3 is 1. The van der Waals surface area contributed by atoms with E-state index in [0.29, 0.717) is 11.5 Å². The highest BCUT2D eigenvalue weighted by molar-refractivity contribution is 6.34. The fourth-order valence-corrected chi connectivity index (χ4v) is 1.90. The lowest BCUT2D eigenvalue weighted by Gasteiger charge is -2.11. The number of rotatable bonds is 4. The van der Waals surface area contributed by atoms with Crippen LogP contribution in [0, 0.1) is 5.82 Å². The van der Waals surface area contributed by atoms with Crippen molar-refractivity contribution in [1.29, 1.82) is 0 Å². The molecule has 0 aliphatic rings. The summed E-state index contributed by atoms with van der Waals surface area (Å²) in [4.78, 5) is 16.3. The Bertz CT molecular complexity index is 679. The minimum atomic E-state index is -0.454. The van der Waals surface area contributed by atoms with E-state index in [-0.39, 0.29) is 16.3 Å². The summed E-state index contributed by atoms with van der Waals surface area (Å²) < 4.78 is 18.2. The van der Waals surface area contributed by atoms with E-state index >= 15 is 0 Å². The van der Waals surface area contributed by atoms with Gasteiger partial charge in [0.2, 0.25) is 0 Å². The number of hydrogen-bond donors (Lipinski definition) is 2. The van der Waals surface area contributed by atoms with Crippen molar-refractivity contribution >= 4 is 29.0 Å². The topological polar surface area (TPSA) is 63.2 Å². The number of amides is 1. The number of carbonyl (C=O) groups is 1. The summed E-state index contributed by atoms with van der Waals surface area (Å²) in [6.45, 7) is 0. The predicted molar refractivity (Wildman–Crippen MR) is 79.7 cm³/mol. The summed E-state index contributed by atoms with van der Waals surface area (Å²) in [6, 6.07) is 5.35. The van der Waals surface area contributed by atoms with Gasteiger partial charge in [-0.3, -0.25) is 4.79 Å².